The predicted octanol–water partition coefficient (Wildman–Crippen LogP) is 2.71. The van der Waals surface area contributed by atoms with Crippen molar-refractivity contribution in [2.24, 2.45) is 0 Å². The van der Waals surface area contributed by atoms with Gasteiger partial charge in [0.25, 0.3) is 0 Å². The Balaban J connectivity index is 2.17. The lowest BCUT2D eigenvalue weighted by Gasteiger charge is -2.16. The van der Waals surface area contributed by atoms with E-state index in [1.807, 2.05) is 12.1 Å². The van der Waals surface area contributed by atoms with Crippen LogP contribution in [-0.4, -0.2) is 30.5 Å². The Morgan fingerprint density at radius 1 is 1.58 bits per heavy atom. The summed E-state index contributed by atoms with van der Waals surface area (Å²) in [6, 6.07) is 5.48. The van der Waals surface area contributed by atoms with Gasteiger partial charge in [-0.2, -0.15) is 0 Å². The van der Waals surface area contributed by atoms with Crippen LogP contribution in [-0.2, 0) is 9.47 Å². The fraction of sp³-hybridized carbons (Fsp3) is 0.500. The first-order valence-electron chi connectivity index (χ1n) is 6.47. The Labute approximate surface area is 117 Å². The van der Waals surface area contributed by atoms with Crippen molar-refractivity contribution in [2.45, 2.75) is 36.5 Å². The van der Waals surface area contributed by atoms with Crippen molar-refractivity contribution in [1.29, 1.82) is 0 Å². The molecule has 1 aliphatic heterocycles. The molecule has 0 spiro atoms. The number of carbonyl (C=O) groups excluding carboxylic acids is 1. The van der Waals surface area contributed by atoms with Crippen LogP contribution in [0.4, 0.5) is 5.69 Å². The number of anilines is 1. The first-order valence-corrected chi connectivity index (χ1v) is 7.35. The van der Waals surface area contributed by atoms with Gasteiger partial charge in [0.05, 0.1) is 24.0 Å². The molecule has 1 heterocycles. The van der Waals surface area contributed by atoms with Gasteiger partial charge in [0.2, 0.25) is 0 Å². The number of nitrogens with two attached hydrogens (primary N) is 1. The van der Waals surface area contributed by atoms with Crippen LogP contribution in [0.5, 0.6) is 0 Å². The third-order valence-corrected chi connectivity index (χ3v) is 4.68. The SMILES string of the molecule is CCOC(=O)c1cccc(SC2CCOC2C)c1N. The van der Waals surface area contributed by atoms with Crippen molar-refractivity contribution in [3.63, 3.8) is 0 Å². The highest BCUT2D eigenvalue weighted by molar-refractivity contribution is 8.00. The third-order valence-electron chi connectivity index (χ3n) is 3.15. The maximum absolute atomic E-state index is 11.8. The van der Waals surface area contributed by atoms with E-state index in [9.17, 15) is 4.79 Å². The summed E-state index contributed by atoms with van der Waals surface area (Å²) < 4.78 is 10.5. The van der Waals surface area contributed by atoms with Gasteiger partial charge in [0, 0.05) is 16.8 Å². The first-order chi connectivity index (χ1) is 9.13. The molecule has 2 unspecified atom stereocenters. The molecule has 0 aliphatic carbocycles. The number of rotatable bonds is 4. The van der Waals surface area contributed by atoms with Crippen LogP contribution < -0.4 is 5.73 Å². The number of benzene rings is 1. The molecule has 1 saturated heterocycles. The molecule has 2 N–H and O–H groups in total. The number of para-hydroxylation sites is 1. The van der Waals surface area contributed by atoms with Gasteiger partial charge in [-0.1, -0.05) is 6.07 Å². The van der Waals surface area contributed by atoms with E-state index in [1.165, 1.54) is 0 Å². The van der Waals surface area contributed by atoms with Gasteiger partial charge in [-0.3, -0.25) is 0 Å². The van der Waals surface area contributed by atoms with E-state index < -0.39 is 0 Å². The third kappa shape index (κ3) is 3.22. The van der Waals surface area contributed by atoms with E-state index in [1.54, 1.807) is 24.8 Å². The van der Waals surface area contributed by atoms with Crippen LogP contribution in [0.3, 0.4) is 0 Å². The summed E-state index contributed by atoms with van der Waals surface area (Å²) in [6.07, 6.45) is 1.23. The summed E-state index contributed by atoms with van der Waals surface area (Å²) in [7, 11) is 0. The van der Waals surface area contributed by atoms with Crippen molar-refractivity contribution in [1.82, 2.24) is 0 Å². The molecule has 1 aromatic carbocycles. The average molecular weight is 281 g/mol. The molecule has 4 nitrogen and oxygen atoms in total. The number of thioether (sulfide) groups is 1. The lowest BCUT2D eigenvalue weighted by Crippen LogP contribution is -2.14. The first kappa shape index (κ1) is 14.2. The van der Waals surface area contributed by atoms with Crippen molar-refractivity contribution in [3.8, 4) is 0 Å². The molecule has 0 radical (unpaired) electrons. The van der Waals surface area contributed by atoms with Gasteiger partial charge < -0.3 is 15.2 Å². The van der Waals surface area contributed by atoms with Crippen molar-refractivity contribution in [2.75, 3.05) is 18.9 Å². The van der Waals surface area contributed by atoms with Gasteiger partial charge in [0.15, 0.2) is 0 Å². The summed E-state index contributed by atoms with van der Waals surface area (Å²) >= 11 is 1.68. The molecule has 1 aromatic rings. The molecule has 2 atom stereocenters. The van der Waals surface area contributed by atoms with E-state index in [4.69, 9.17) is 15.2 Å². The minimum Gasteiger partial charge on any atom is -0.462 e. The molecule has 0 bridgehead atoms. The molecule has 1 aliphatic rings. The van der Waals surface area contributed by atoms with Gasteiger partial charge >= 0.3 is 5.97 Å². The number of hydrogen-bond donors (Lipinski definition) is 1. The fourth-order valence-electron chi connectivity index (χ4n) is 2.06. The summed E-state index contributed by atoms with van der Waals surface area (Å²) in [5.41, 5.74) is 7.02. The summed E-state index contributed by atoms with van der Waals surface area (Å²) in [4.78, 5) is 12.7. The zero-order valence-corrected chi connectivity index (χ0v) is 12.0. The van der Waals surface area contributed by atoms with Crippen molar-refractivity contribution >= 4 is 23.4 Å². The van der Waals surface area contributed by atoms with Crippen LogP contribution >= 0.6 is 11.8 Å². The Bertz CT molecular complexity index is 464. The van der Waals surface area contributed by atoms with E-state index >= 15 is 0 Å². The van der Waals surface area contributed by atoms with E-state index in [0.29, 0.717) is 23.1 Å². The molecule has 5 heteroatoms. The van der Waals surface area contributed by atoms with Crippen LogP contribution in [0.2, 0.25) is 0 Å². The number of ether oxygens (including phenoxy) is 2. The number of nitrogen functional groups attached to an aromatic ring is 1. The normalized spacial score (nSPS) is 22.4. The van der Waals surface area contributed by atoms with E-state index in [2.05, 4.69) is 6.92 Å². The highest BCUT2D eigenvalue weighted by Crippen LogP contribution is 2.36. The number of hydrogen-bond acceptors (Lipinski definition) is 5. The Morgan fingerprint density at radius 2 is 2.37 bits per heavy atom. The maximum Gasteiger partial charge on any atom is 0.340 e. The smallest absolute Gasteiger partial charge is 0.340 e. The summed E-state index contributed by atoms with van der Waals surface area (Å²) in [5.74, 6) is -0.363. The standard InChI is InChI=1S/C14H19NO3S/c1-3-17-14(16)10-5-4-6-12(13(10)15)19-11-7-8-18-9(11)2/h4-6,9,11H,3,7-8,15H2,1-2H3. The minimum absolute atomic E-state index is 0.218. The molecule has 0 aromatic heterocycles. The van der Waals surface area contributed by atoms with E-state index in [-0.39, 0.29) is 12.1 Å². The maximum atomic E-state index is 11.8. The molecule has 1 fully saturated rings. The lowest BCUT2D eigenvalue weighted by molar-refractivity contribution is 0.0527. The monoisotopic (exact) mass is 281 g/mol. The molecule has 19 heavy (non-hydrogen) atoms. The largest absolute Gasteiger partial charge is 0.462 e. The molecule has 2 rings (SSSR count). The number of carbonyl (C=O) groups is 1. The molecule has 0 amide bonds. The van der Waals surface area contributed by atoms with E-state index in [0.717, 1.165) is 17.9 Å². The van der Waals surface area contributed by atoms with Crippen LogP contribution in [0.1, 0.15) is 30.6 Å². The minimum atomic E-state index is -0.363. The second-order valence-corrected chi connectivity index (χ2v) is 5.74. The lowest BCUT2D eigenvalue weighted by atomic mass is 10.2. The zero-order valence-electron chi connectivity index (χ0n) is 11.2. The Hall–Kier alpha value is -1.20. The number of esters is 1. The second-order valence-electron chi connectivity index (χ2n) is 4.46. The van der Waals surface area contributed by atoms with Crippen LogP contribution in [0, 0.1) is 0 Å². The fourth-order valence-corrected chi connectivity index (χ4v) is 3.27. The van der Waals surface area contributed by atoms with Gasteiger partial charge in [-0.25, -0.2) is 4.79 Å². The molecular weight excluding hydrogens is 262 g/mol. The van der Waals surface area contributed by atoms with Gasteiger partial charge in [-0.15, -0.1) is 11.8 Å². The molecule has 104 valence electrons. The van der Waals surface area contributed by atoms with Crippen LogP contribution in [0.25, 0.3) is 0 Å². The highest BCUT2D eigenvalue weighted by Gasteiger charge is 2.26. The van der Waals surface area contributed by atoms with Gasteiger partial charge in [-0.05, 0) is 32.4 Å². The van der Waals surface area contributed by atoms with Crippen LogP contribution in [0.15, 0.2) is 23.1 Å². The quantitative estimate of drug-likeness (QED) is 0.679. The Morgan fingerprint density at radius 3 is 3.00 bits per heavy atom. The molecule has 0 saturated carbocycles. The zero-order chi connectivity index (χ0) is 13.8. The average Bonchev–Trinajstić information content (AvgIpc) is 2.78. The topological polar surface area (TPSA) is 61.5 Å². The highest BCUT2D eigenvalue weighted by atomic mass is 32.2. The predicted molar refractivity (Wildman–Crippen MR) is 76.5 cm³/mol. The van der Waals surface area contributed by atoms with Crippen molar-refractivity contribution < 1.29 is 14.3 Å². The summed E-state index contributed by atoms with van der Waals surface area (Å²) in [6.45, 7) is 4.99. The second kappa shape index (κ2) is 6.30. The van der Waals surface area contributed by atoms with Crippen molar-refractivity contribution in [3.05, 3.63) is 23.8 Å². The Kier molecular flexibility index (Phi) is 4.71. The molecular formula is C14H19NO3S. The van der Waals surface area contributed by atoms with Gasteiger partial charge in [0.1, 0.15) is 0 Å². The summed E-state index contributed by atoms with van der Waals surface area (Å²) in [5, 5.41) is 0.389.